The first-order chi connectivity index (χ1) is 12.3. The van der Waals surface area contributed by atoms with Crippen molar-refractivity contribution in [2.24, 2.45) is 0 Å². The molecule has 1 unspecified atom stereocenters. The van der Waals surface area contributed by atoms with Crippen molar-refractivity contribution in [3.05, 3.63) is 30.7 Å². The van der Waals surface area contributed by atoms with E-state index in [0.29, 0.717) is 6.54 Å². The fraction of sp³-hybridized carbons (Fsp3) is 0.294. The van der Waals surface area contributed by atoms with Crippen LogP contribution in [0.5, 0.6) is 0 Å². The Kier molecular flexibility index (Phi) is 3.82. The molecule has 0 aromatic carbocycles. The van der Waals surface area contributed by atoms with Gasteiger partial charge in [0.15, 0.2) is 5.65 Å². The summed E-state index contributed by atoms with van der Waals surface area (Å²) in [7, 11) is 0. The number of hydrogen-bond donors (Lipinski definition) is 2. The quantitative estimate of drug-likeness (QED) is 0.708. The van der Waals surface area contributed by atoms with Crippen molar-refractivity contribution in [2.75, 3.05) is 24.5 Å². The van der Waals surface area contributed by atoms with Crippen molar-refractivity contribution in [1.82, 2.24) is 20.3 Å². The monoisotopic (exact) mass is 336 g/mol. The van der Waals surface area contributed by atoms with Crippen molar-refractivity contribution in [2.45, 2.75) is 12.5 Å². The van der Waals surface area contributed by atoms with Crippen molar-refractivity contribution in [3.8, 4) is 6.07 Å². The van der Waals surface area contributed by atoms with E-state index in [4.69, 9.17) is 10.00 Å². The molecule has 126 valence electrons. The number of H-pyrrole nitrogens is 1. The second-order valence-electron chi connectivity index (χ2n) is 5.87. The number of nitrogens with zero attached hydrogens (tertiary/aromatic N) is 4. The van der Waals surface area contributed by atoms with Crippen LogP contribution in [0.4, 0.5) is 10.5 Å². The lowest BCUT2D eigenvalue weighted by atomic mass is 10.1. The summed E-state index contributed by atoms with van der Waals surface area (Å²) in [4.78, 5) is 25.7. The van der Waals surface area contributed by atoms with Crippen LogP contribution in [-0.4, -0.2) is 46.8 Å². The summed E-state index contributed by atoms with van der Waals surface area (Å²) in [6, 6.07) is 5.84. The molecular formula is C17H16N6O2. The van der Waals surface area contributed by atoms with Crippen molar-refractivity contribution in [3.63, 3.8) is 0 Å². The van der Waals surface area contributed by atoms with Crippen LogP contribution in [0.3, 0.4) is 0 Å². The van der Waals surface area contributed by atoms with E-state index in [1.165, 1.54) is 0 Å². The van der Waals surface area contributed by atoms with Gasteiger partial charge in [-0.15, -0.1) is 0 Å². The van der Waals surface area contributed by atoms with E-state index in [1.807, 2.05) is 24.4 Å². The summed E-state index contributed by atoms with van der Waals surface area (Å²) in [6.45, 7) is 1.34. The number of carbonyl (C=O) groups excluding carboxylic acids is 1. The topological polar surface area (TPSA) is 107 Å². The third kappa shape index (κ3) is 2.80. The van der Waals surface area contributed by atoms with Crippen molar-refractivity contribution in [1.29, 1.82) is 5.26 Å². The average molecular weight is 336 g/mol. The number of nitrogens with one attached hydrogen (secondary N) is 2. The number of carbonyl (C=O) groups is 1. The maximum Gasteiger partial charge on any atom is 0.408 e. The predicted octanol–water partition coefficient (Wildman–Crippen LogP) is 1.94. The molecule has 1 aliphatic heterocycles. The molecule has 1 saturated heterocycles. The molecule has 0 aliphatic carbocycles. The molecule has 1 amide bonds. The number of pyridine rings is 2. The Bertz CT molecular complexity index is 976. The highest BCUT2D eigenvalue weighted by atomic mass is 16.6. The van der Waals surface area contributed by atoms with E-state index in [9.17, 15) is 4.79 Å². The Labute approximate surface area is 143 Å². The van der Waals surface area contributed by atoms with Crippen LogP contribution in [0.1, 0.15) is 6.42 Å². The molecule has 2 N–H and O–H groups in total. The molecule has 3 aromatic heterocycles. The number of hydrogen-bond acceptors (Lipinski definition) is 6. The van der Waals surface area contributed by atoms with Gasteiger partial charge in [0.25, 0.3) is 0 Å². The number of rotatable bonds is 3. The van der Waals surface area contributed by atoms with Crippen LogP contribution in [0.2, 0.25) is 0 Å². The van der Waals surface area contributed by atoms with Crippen LogP contribution >= 0.6 is 0 Å². The van der Waals surface area contributed by atoms with Gasteiger partial charge < -0.3 is 19.9 Å². The SMILES string of the molecule is N#CCNC(=O)OC1CCN(c2cc[nH]c3cnc4nccc4c23)C1. The first-order valence-corrected chi connectivity index (χ1v) is 8.03. The molecule has 0 saturated carbocycles. The van der Waals surface area contributed by atoms with Gasteiger partial charge in [0.05, 0.1) is 24.3 Å². The van der Waals surface area contributed by atoms with Gasteiger partial charge in [0.1, 0.15) is 12.6 Å². The minimum atomic E-state index is -0.550. The largest absolute Gasteiger partial charge is 0.444 e. The summed E-state index contributed by atoms with van der Waals surface area (Å²) in [5.41, 5.74) is 2.73. The molecule has 0 radical (unpaired) electrons. The Morgan fingerprint density at radius 3 is 3.28 bits per heavy atom. The Hall–Kier alpha value is -3.34. The zero-order chi connectivity index (χ0) is 17.2. The first kappa shape index (κ1) is 15.2. The number of anilines is 1. The fourth-order valence-electron chi connectivity index (χ4n) is 3.25. The van der Waals surface area contributed by atoms with E-state index < -0.39 is 6.09 Å². The van der Waals surface area contributed by atoms with Crippen molar-refractivity contribution >= 4 is 33.7 Å². The normalized spacial score (nSPS) is 16.9. The van der Waals surface area contributed by atoms with Crippen LogP contribution < -0.4 is 10.2 Å². The van der Waals surface area contributed by atoms with E-state index in [0.717, 1.165) is 40.6 Å². The van der Waals surface area contributed by atoms with E-state index >= 15 is 0 Å². The molecule has 4 rings (SSSR count). The van der Waals surface area contributed by atoms with E-state index in [2.05, 4.69) is 25.2 Å². The van der Waals surface area contributed by atoms with Crippen molar-refractivity contribution < 1.29 is 9.53 Å². The maximum atomic E-state index is 11.6. The average Bonchev–Trinajstić information content (AvgIpc) is 3.28. The van der Waals surface area contributed by atoms with E-state index in [-0.39, 0.29) is 12.6 Å². The second kappa shape index (κ2) is 6.28. The highest BCUT2D eigenvalue weighted by Gasteiger charge is 2.27. The molecule has 3 aromatic rings. The van der Waals surface area contributed by atoms with Gasteiger partial charge in [-0.3, -0.25) is 0 Å². The smallest absolute Gasteiger partial charge is 0.408 e. The van der Waals surface area contributed by atoms with Crippen LogP contribution in [-0.2, 0) is 4.74 Å². The molecule has 1 aliphatic rings. The number of alkyl carbamates (subject to hydrolysis) is 1. The maximum absolute atomic E-state index is 11.6. The Morgan fingerprint density at radius 1 is 1.48 bits per heavy atom. The molecule has 4 heterocycles. The highest BCUT2D eigenvalue weighted by molar-refractivity contribution is 6.10. The standard InChI is InChI=1S/C17H16N6O2/c18-4-7-21-17(24)25-11-3-8-23(10-11)14-2-6-19-13-9-22-16-12(15(13)14)1-5-20-16/h1-2,5-6,9,11,19H,3,7-8,10H2,(H,21,24). The number of aromatic nitrogens is 3. The summed E-state index contributed by atoms with van der Waals surface area (Å²) in [6.07, 6.45) is 5.42. The van der Waals surface area contributed by atoms with Crippen LogP contribution in [0.15, 0.2) is 30.7 Å². The van der Waals surface area contributed by atoms with Gasteiger partial charge in [0.2, 0.25) is 0 Å². The minimum Gasteiger partial charge on any atom is -0.444 e. The summed E-state index contributed by atoms with van der Waals surface area (Å²) in [5.74, 6) is 0. The lowest BCUT2D eigenvalue weighted by molar-refractivity contribution is 0.109. The molecule has 25 heavy (non-hydrogen) atoms. The van der Waals surface area contributed by atoms with Crippen LogP contribution in [0, 0.1) is 11.3 Å². The van der Waals surface area contributed by atoms with Gasteiger partial charge in [-0.25, -0.2) is 14.8 Å². The first-order valence-electron chi connectivity index (χ1n) is 8.03. The van der Waals surface area contributed by atoms with Gasteiger partial charge >= 0.3 is 6.09 Å². The van der Waals surface area contributed by atoms with Gasteiger partial charge in [-0.05, 0) is 12.1 Å². The summed E-state index contributed by atoms with van der Waals surface area (Å²) < 4.78 is 5.37. The minimum absolute atomic E-state index is 0.0522. The third-order valence-corrected chi connectivity index (χ3v) is 4.34. The zero-order valence-corrected chi connectivity index (χ0v) is 13.4. The third-order valence-electron chi connectivity index (χ3n) is 4.34. The molecule has 8 heteroatoms. The molecule has 1 fully saturated rings. The van der Waals surface area contributed by atoms with E-state index in [1.54, 1.807) is 12.4 Å². The van der Waals surface area contributed by atoms with Crippen LogP contribution in [0.25, 0.3) is 21.9 Å². The fourth-order valence-corrected chi connectivity index (χ4v) is 3.25. The zero-order valence-electron chi connectivity index (χ0n) is 13.4. The van der Waals surface area contributed by atoms with Gasteiger partial charge in [-0.1, -0.05) is 0 Å². The molecule has 8 nitrogen and oxygen atoms in total. The number of aromatic amines is 1. The molecular weight excluding hydrogens is 320 g/mol. The molecule has 0 bridgehead atoms. The number of fused-ring (bicyclic) bond motifs is 3. The van der Waals surface area contributed by atoms with Gasteiger partial charge in [-0.2, -0.15) is 5.26 Å². The highest BCUT2D eigenvalue weighted by Crippen LogP contribution is 2.33. The molecule has 0 spiro atoms. The second-order valence-corrected chi connectivity index (χ2v) is 5.87. The summed E-state index contributed by atoms with van der Waals surface area (Å²) >= 11 is 0. The number of amides is 1. The number of nitriles is 1. The Balaban J connectivity index is 1.60. The number of ether oxygens (including phenoxy) is 1. The molecule has 1 atom stereocenters. The van der Waals surface area contributed by atoms with Gasteiger partial charge in [0, 0.05) is 41.8 Å². The lowest BCUT2D eigenvalue weighted by Gasteiger charge is -2.21. The summed E-state index contributed by atoms with van der Waals surface area (Å²) in [5, 5.41) is 13.0. The predicted molar refractivity (Wildman–Crippen MR) is 92.1 cm³/mol. The Morgan fingerprint density at radius 2 is 2.40 bits per heavy atom. The lowest BCUT2D eigenvalue weighted by Crippen LogP contribution is -2.31.